The summed E-state index contributed by atoms with van der Waals surface area (Å²) >= 11 is 0. The van der Waals surface area contributed by atoms with E-state index in [-0.39, 0.29) is 5.41 Å². The van der Waals surface area contributed by atoms with Crippen molar-refractivity contribution in [1.29, 1.82) is 0 Å². The van der Waals surface area contributed by atoms with Gasteiger partial charge in [0.1, 0.15) is 0 Å². The van der Waals surface area contributed by atoms with Crippen LogP contribution in [0.5, 0.6) is 0 Å². The van der Waals surface area contributed by atoms with Crippen LogP contribution < -0.4 is 4.90 Å². The van der Waals surface area contributed by atoms with Gasteiger partial charge in [0.25, 0.3) is 0 Å². The number of hydrogen-bond acceptors (Lipinski definition) is 1. The summed E-state index contributed by atoms with van der Waals surface area (Å²) in [6.07, 6.45) is 1.91. The van der Waals surface area contributed by atoms with Crippen molar-refractivity contribution in [2.45, 2.75) is 46.0 Å². The molecule has 0 aliphatic heterocycles. The summed E-state index contributed by atoms with van der Waals surface area (Å²) < 4.78 is 2.38. The number of fused-ring (bicyclic) bond motifs is 6. The molecule has 10 rings (SSSR count). The molecule has 9 aromatic rings. The minimum atomic E-state index is -0.0989. The smallest absolute Gasteiger partial charge is 0.0541 e. The molecule has 0 fully saturated rings. The van der Waals surface area contributed by atoms with Gasteiger partial charge in [-0.2, -0.15) is 0 Å². The second kappa shape index (κ2) is 13.8. The van der Waals surface area contributed by atoms with Crippen molar-refractivity contribution < 1.29 is 0 Å². The molecule has 0 saturated carbocycles. The first kappa shape index (κ1) is 34.8. The lowest BCUT2D eigenvalue weighted by molar-refractivity contribution is 0.660. The first-order chi connectivity index (χ1) is 28.0. The van der Waals surface area contributed by atoms with E-state index in [0.717, 1.165) is 24.2 Å². The Kier molecular flexibility index (Phi) is 8.45. The number of hydrogen-bond donors (Lipinski definition) is 0. The maximum absolute atomic E-state index is 2.49. The highest BCUT2D eigenvalue weighted by Gasteiger charge is 2.36. The minimum Gasteiger partial charge on any atom is -0.310 e. The average Bonchev–Trinajstić information content (AvgIpc) is 3.72. The highest BCUT2D eigenvalue weighted by molar-refractivity contribution is 6.09. The highest BCUT2D eigenvalue weighted by Crippen LogP contribution is 2.51. The van der Waals surface area contributed by atoms with Crippen LogP contribution in [-0.2, 0) is 18.3 Å². The van der Waals surface area contributed by atoms with Crippen LogP contribution in [0.25, 0.3) is 60.9 Å². The fourth-order valence-electron chi connectivity index (χ4n) is 9.56. The summed E-state index contributed by atoms with van der Waals surface area (Å²) in [5, 5.41) is 2.56. The predicted octanol–water partition coefficient (Wildman–Crippen LogP) is 15.0. The van der Waals surface area contributed by atoms with Crippen molar-refractivity contribution in [2.75, 3.05) is 4.90 Å². The van der Waals surface area contributed by atoms with Crippen LogP contribution in [0.2, 0.25) is 0 Å². The fraction of sp³-hybridized carbons (Fsp3) is 0.127. The number of rotatable bonds is 8. The van der Waals surface area contributed by atoms with Crippen molar-refractivity contribution in [3.8, 4) is 39.1 Å². The molecule has 0 saturated heterocycles. The molecule has 0 bridgehead atoms. The SMILES string of the molecule is CCc1ccccc1-c1cccc(N(c2ccc(-c3ccc(-n4c5ccccc5c5ccccc54)cc3)cc2)c2ccc3c(c2)C(C)(C)c2ccccc2-3)c1CC. The molecule has 0 N–H and O–H groups in total. The van der Waals surface area contributed by atoms with Gasteiger partial charge in [0, 0.05) is 38.9 Å². The highest BCUT2D eigenvalue weighted by atomic mass is 15.1. The molecular weight excluding hydrogens is 689 g/mol. The zero-order valence-electron chi connectivity index (χ0n) is 33.1. The monoisotopic (exact) mass is 734 g/mol. The molecule has 0 amide bonds. The van der Waals surface area contributed by atoms with Crippen LogP contribution in [0.15, 0.2) is 182 Å². The third-order valence-corrected chi connectivity index (χ3v) is 12.4. The molecule has 276 valence electrons. The Labute approximate surface area is 336 Å². The van der Waals surface area contributed by atoms with E-state index in [1.165, 1.54) is 88.8 Å². The van der Waals surface area contributed by atoms with E-state index in [0.29, 0.717) is 0 Å². The molecule has 1 aromatic heterocycles. The van der Waals surface area contributed by atoms with E-state index in [4.69, 9.17) is 0 Å². The van der Waals surface area contributed by atoms with Crippen molar-refractivity contribution >= 4 is 38.9 Å². The minimum absolute atomic E-state index is 0.0989. The molecule has 1 heterocycles. The fourth-order valence-corrected chi connectivity index (χ4v) is 9.56. The van der Waals surface area contributed by atoms with Gasteiger partial charge in [0.15, 0.2) is 0 Å². The Morgan fingerprint density at radius 3 is 1.70 bits per heavy atom. The molecule has 2 heteroatoms. The Hall–Kier alpha value is -6.64. The van der Waals surface area contributed by atoms with Gasteiger partial charge in [0.2, 0.25) is 0 Å². The Balaban J connectivity index is 1.08. The molecule has 0 radical (unpaired) electrons. The molecule has 0 unspecified atom stereocenters. The number of para-hydroxylation sites is 2. The molecule has 0 atom stereocenters. The summed E-state index contributed by atoms with van der Waals surface area (Å²) in [6, 6.07) is 67.4. The van der Waals surface area contributed by atoms with Crippen molar-refractivity contribution in [2.24, 2.45) is 0 Å². The number of anilines is 3. The van der Waals surface area contributed by atoms with Gasteiger partial charge in [-0.25, -0.2) is 0 Å². The summed E-state index contributed by atoms with van der Waals surface area (Å²) in [5.41, 5.74) is 20.3. The Morgan fingerprint density at radius 1 is 0.456 bits per heavy atom. The van der Waals surface area contributed by atoms with Crippen LogP contribution in [0.1, 0.15) is 49.9 Å². The second-order valence-corrected chi connectivity index (χ2v) is 15.9. The topological polar surface area (TPSA) is 8.17 Å². The number of aryl methyl sites for hydroxylation is 1. The Bertz CT molecular complexity index is 2890. The summed E-state index contributed by atoms with van der Waals surface area (Å²) in [7, 11) is 0. The van der Waals surface area contributed by atoms with Crippen molar-refractivity contribution in [3.05, 3.63) is 204 Å². The van der Waals surface area contributed by atoms with Crippen LogP contribution in [0, 0.1) is 0 Å². The standard InChI is InChI=1S/C55H46N2/c1-5-37-16-7-8-17-44(37)45-21-15-25-52(43(45)6-2)56(42-34-35-47-46-18-9-12-22-50(46)55(3,4)51(47)36-42)40-30-26-38(27-31-40)39-28-32-41(33-29-39)57-53-23-13-10-19-48(53)49-20-11-14-24-54(49)57/h7-36H,5-6H2,1-4H3. The first-order valence-electron chi connectivity index (χ1n) is 20.4. The van der Waals surface area contributed by atoms with Gasteiger partial charge in [-0.3, -0.25) is 0 Å². The molecule has 1 aliphatic rings. The lowest BCUT2D eigenvalue weighted by Crippen LogP contribution is -2.17. The van der Waals surface area contributed by atoms with E-state index in [1.807, 2.05) is 0 Å². The average molecular weight is 735 g/mol. The van der Waals surface area contributed by atoms with Gasteiger partial charge in [-0.05, 0) is 123 Å². The van der Waals surface area contributed by atoms with Crippen molar-refractivity contribution in [1.82, 2.24) is 4.57 Å². The normalized spacial score (nSPS) is 12.8. The van der Waals surface area contributed by atoms with Crippen LogP contribution >= 0.6 is 0 Å². The Morgan fingerprint density at radius 2 is 1.02 bits per heavy atom. The first-order valence-corrected chi connectivity index (χ1v) is 20.4. The lowest BCUT2D eigenvalue weighted by Gasteiger charge is -2.31. The second-order valence-electron chi connectivity index (χ2n) is 15.9. The van der Waals surface area contributed by atoms with Gasteiger partial charge < -0.3 is 9.47 Å². The lowest BCUT2D eigenvalue weighted by atomic mass is 9.82. The summed E-state index contributed by atoms with van der Waals surface area (Å²) in [6.45, 7) is 9.29. The van der Waals surface area contributed by atoms with Gasteiger partial charge in [-0.1, -0.05) is 155 Å². The molecule has 2 nitrogen and oxygen atoms in total. The molecule has 1 aliphatic carbocycles. The van der Waals surface area contributed by atoms with E-state index in [2.05, 4.69) is 219 Å². The third-order valence-electron chi connectivity index (χ3n) is 12.4. The van der Waals surface area contributed by atoms with Gasteiger partial charge in [0.05, 0.1) is 11.0 Å². The predicted molar refractivity (Wildman–Crippen MR) is 243 cm³/mol. The molecule has 8 aromatic carbocycles. The summed E-state index contributed by atoms with van der Waals surface area (Å²) in [5.74, 6) is 0. The van der Waals surface area contributed by atoms with Gasteiger partial charge in [-0.15, -0.1) is 0 Å². The van der Waals surface area contributed by atoms with E-state index in [1.54, 1.807) is 0 Å². The quantitative estimate of drug-likeness (QED) is 0.151. The maximum Gasteiger partial charge on any atom is 0.0541 e. The zero-order valence-corrected chi connectivity index (χ0v) is 33.1. The van der Waals surface area contributed by atoms with Crippen molar-refractivity contribution in [3.63, 3.8) is 0 Å². The van der Waals surface area contributed by atoms with Gasteiger partial charge >= 0.3 is 0 Å². The molecule has 0 spiro atoms. The van der Waals surface area contributed by atoms with Crippen LogP contribution in [0.4, 0.5) is 17.1 Å². The van der Waals surface area contributed by atoms with Crippen LogP contribution in [-0.4, -0.2) is 4.57 Å². The molecule has 57 heavy (non-hydrogen) atoms. The number of nitrogens with zero attached hydrogens (tertiary/aromatic N) is 2. The molecular formula is C55H46N2. The van der Waals surface area contributed by atoms with Crippen LogP contribution in [0.3, 0.4) is 0 Å². The zero-order chi connectivity index (χ0) is 38.7. The number of benzene rings is 8. The number of aromatic nitrogens is 1. The van der Waals surface area contributed by atoms with E-state index >= 15 is 0 Å². The third kappa shape index (κ3) is 5.62. The maximum atomic E-state index is 2.49. The van der Waals surface area contributed by atoms with E-state index < -0.39 is 0 Å². The van der Waals surface area contributed by atoms with E-state index in [9.17, 15) is 0 Å². The largest absolute Gasteiger partial charge is 0.310 e. The summed E-state index contributed by atoms with van der Waals surface area (Å²) in [4.78, 5) is 2.49.